The fourth-order valence-electron chi connectivity index (χ4n) is 5.53. The largest absolute Gasteiger partial charge is 0.485 e. The van der Waals surface area contributed by atoms with Crippen molar-refractivity contribution in [2.45, 2.75) is 47.6 Å². The minimum absolute atomic E-state index is 0. The Hall–Kier alpha value is -8.38. The zero-order valence-corrected chi connectivity index (χ0v) is 38.2. The first-order valence-electron chi connectivity index (χ1n) is 18.8. The molecule has 1 N–H and O–H groups in total. The standard InChI is InChI=1S/C32H30N4O8.C19H3.Y/c1-6-34(7-2)21-9-8-19-11-24(32(42)44-25(19)15-21)29(39)33-20-12-22(35-27(37)10-18(5)30(35)40)14-23(13-20)36-28(38)16-26(31(36)41)43-17(3)4;1-3-5-7-9-11-13-15-17-19-18-16-14-12-10-8-6-4-2;/h8-17H,6-7H2,1-5H3,(H,33,39);1H3;/q;-1;. The van der Waals surface area contributed by atoms with Gasteiger partial charge in [0.1, 0.15) is 11.1 Å². The zero-order chi connectivity index (χ0) is 45.9. The first-order chi connectivity index (χ1) is 30.3. The van der Waals surface area contributed by atoms with E-state index in [1.165, 1.54) is 31.2 Å². The Morgan fingerprint density at radius 3 is 1.73 bits per heavy atom. The second-order valence-electron chi connectivity index (χ2n) is 12.7. The Kier molecular flexibility index (Phi) is 19.3. The summed E-state index contributed by atoms with van der Waals surface area (Å²) in [7, 11) is 0. The average molecular weight is 919 g/mol. The fraction of sp³-hybridized carbons (Fsp3) is 0.176. The van der Waals surface area contributed by atoms with Crippen molar-refractivity contribution in [2.75, 3.05) is 33.1 Å². The molecule has 12 nitrogen and oxygen atoms in total. The van der Waals surface area contributed by atoms with E-state index in [2.05, 4.69) is 105 Å². The number of hydrogen-bond donors (Lipinski definition) is 1. The van der Waals surface area contributed by atoms with Crippen molar-refractivity contribution in [3.8, 4) is 101 Å². The molecule has 0 atom stereocenters. The Bertz CT molecular complexity index is 3140. The molecule has 5 amide bonds. The number of hydrogen-bond acceptors (Lipinski definition) is 9. The molecule has 2 aromatic carbocycles. The van der Waals surface area contributed by atoms with E-state index in [0.29, 0.717) is 11.0 Å². The van der Waals surface area contributed by atoms with Crippen molar-refractivity contribution in [2.24, 2.45) is 0 Å². The van der Waals surface area contributed by atoms with E-state index in [4.69, 9.17) is 15.6 Å². The van der Waals surface area contributed by atoms with Crippen molar-refractivity contribution in [1.82, 2.24) is 0 Å². The van der Waals surface area contributed by atoms with Gasteiger partial charge in [0.15, 0.2) is 5.76 Å². The SMILES string of the molecule is CCN(CC)c1ccc2cc(C(=O)Nc3cc(N4C(=O)C=C(C)C4=O)cc(N4C(=O)C=C(OC(C)C)C4=O)c3)c(=O)oc2c1.[C-]#CC#CC#CC#CC#CC#CC#CC#CC#CC.[Y]. The molecule has 0 bridgehead atoms. The minimum Gasteiger partial charge on any atom is -0.485 e. The van der Waals surface area contributed by atoms with Gasteiger partial charge in [-0.25, -0.2) is 20.5 Å². The maximum Gasteiger partial charge on any atom is 0.349 e. The molecule has 0 unspecified atom stereocenters. The maximum atomic E-state index is 13.4. The Balaban J connectivity index is 0.000000462. The van der Waals surface area contributed by atoms with Gasteiger partial charge in [-0.1, -0.05) is 5.92 Å². The summed E-state index contributed by atoms with van der Waals surface area (Å²) >= 11 is 0. The second kappa shape index (κ2) is 24.8. The van der Waals surface area contributed by atoms with Gasteiger partial charge in [-0.15, -0.1) is 5.92 Å². The number of anilines is 4. The molecule has 1 aromatic heterocycles. The molecule has 5 rings (SSSR count). The van der Waals surface area contributed by atoms with E-state index in [0.717, 1.165) is 40.7 Å². The third kappa shape index (κ3) is 13.6. The van der Waals surface area contributed by atoms with Crippen LogP contribution >= 0.6 is 0 Å². The third-order valence-corrected chi connectivity index (χ3v) is 8.18. The summed E-state index contributed by atoms with van der Waals surface area (Å²) in [5, 5.41) is 3.10. The predicted molar refractivity (Wildman–Crippen MR) is 239 cm³/mol. The van der Waals surface area contributed by atoms with Crippen molar-refractivity contribution in [3.63, 3.8) is 0 Å². The summed E-state index contributed by atoms with van der Waals surface area (Å²) < 4.78 is 10.9. The van der Waals surface area contributed by atoms with E-state index < -0.39 is 35.2 Å². The molecule has 2 aliphatic rings. The van der Waals surface area contributed by atoms with Crippen LogP contribution in [0.5, 0.6) is 0 Å². The normalized spacial score (nSPS) is 11.4. The molecule has 0 spiro atoms. The number of amides is 5. The van der Waals surface area contributed by atoms with Crippen molar-refractivity contribution >= 4 is 63.3 Å². The topological polar surface area (TPSA) is 147 Å². The number of benzene rings is 2. The van der Waals surface area contributed by atoms with Crippen molar-refractivity contribution in [3.05, 3.63) is 88.4 Å². The molecule has 0 saturated carbocycles. The van der Waals surface area contributed by atoms with Gasteiger partial charge < -0.3 is 25.8 Å². The van der Waals surface area contributed by atoms with Crippen LogP contribution in [0.25, 0.3) is 11.0 Å². The number of ether oxygens (including phenoxy) is 1. The van der Waals surface area contributed by atoms with E-state index in [-0.39, 0.29) is 72.8 Å². The second-order valence-corrected chi connectivity index (χ2v) is 12.7. The summed E-state index contributed by atoms with van der Waals surface area (Å²) in [6.45, 7) is 12.1. The first kappa shape index (κ1) is 50.0. The number of carbonyl (C=O) groups is 5. The number of fused-ring (bicyclic) bond motifs is 1. The molecular weight excluding hydrogens is 885 g/mol. The third-order valence-electron chi connectivity index (χ3n) is 8.18. The van der Waals surface area contributed by atoms with Gasteiger partial charge in [0.05, 0.1) is 23.6 Å². The van der Waals surface area contributed by atoms with Crippen LogP contribution in [-0.4, -0.2) is 48.7 Å². The van der Waals surface area contributed by atoms with Crippen molar-refractivity contribution < 1.29 is 65.8 Å². The van der Waals surface area contributed by atoms with Crippen LogP contribution in [-0.2, 0) is 56.6 Å². The number of carbonyl (C=O) groups excluding carboxylic acids is 5. The van der Waals surface area contributed by atoms with Crippen LogP contribution in [0.15, 0.2) is 75.2 Å². The minimum atomic E-state index is -0.877. The van der Waals surface area contributed by atoms with Gasteiger partial charge in [-0.2, -0.15) is 0 Å². The van der Waals surface area contributed by atoms with Crippen molar-refractivity contribution in [1.29, 1.82) is 0 Å². The van der Waals surface area contributed by atoms with Crippen LogP contribution in [0.3, 0.4) is 0 Å². The van der Waals surface area contributed by atoms with Crippen LogP contribution in [0.4, 0.5) is 22.7 Å². The van der Waals surface area contributed by atoms with Gasteiger partial charge in [0, 0.05) is 80.3 Å². The van der Waals surface area contributed by atoms with Crippen LogP contribution in [0.2, 0.25) is 0 Å². The summed E-state index contributed by atoms with van der Waals surface area (Å²) in [5.74, 6) is 37.6. The van der Waals surface area contributed by atoms with E-state index in [1.807, 2.05) is 25.8 Å². The Labute approximate surface area is 396 Å². The van der Waals surface area contributed by atoms with Gasteiger partial charge in [0.2, 0.25) is 0 Å². The molecule has 0 fully saturated rings. The number of nitrogens with zero attached hydrogens (tertiary/aromatic N) is 3. The van der Waals surface area contributed by atoms with E-state index in [1.54, 1.807) is 32.9 Å². The molecule has 0 aliphatic carbocycles. The number of rotatable bonds is 9. The van der Waals surface area contributed by atoms with E-state index in [9.17, 15) is 28.8 Å². The molecule has 64 heavy (non-hydrogen) atoms. The molecule has 3 heterocycles. The predicted octanol–water partition coefficient (Wildman–Crippen LogP) is 4.51. The van der Waals surface area contributed by atoms with Crippen LogP contribution in [0, 0.1) is 107 Å². The quantitative estimate of drug-likeness (QED) is 0.142. The molecule has 1 radical (unpaired) electrons. The maximum absolute atomic E-state index is 13.4. The number of imide groups is 2. The summed E-state index contributed by atoms with van der Waals surface area (Å²) in [5.41, 5.74) is 0.151. The van der Waals surface area contributed by atoms with Crippen LogP contribution < -0.4 is 25.6 Å². The summed E-state index contributed by atoms with van der Waals surface area (Å²) in [4.78, 5) is 81.5. The van der Waals surface area contributed by atoms with Gasteiger partial charge in [-0.3, -0.25) is 29.9 Å². The molecule has 2 aliphatic heterocycles. The fourth-order valence-corrected chi connectivity index (χ4v) is 5.53. The monoisotopic (exact) mass is 918 g/mol. The Morgan fingerprint density at radius 1 is 0.734 bits per heavy atom. The van der Waals surface area contributed by atoms with Gasteiger partial charge >= 0.3 is 11.5 Å². The molecule has 309 valence electrons. The summed E-state index contributed by atoms with van der Waals surface area (Å²) in [6, 6.07) is 10.7. The molecule has 13 heteroatoms. The average Bonchev–Trinajstić information content (AvgIpc) is 3.68. The molecule has 3 aromatic rings. The Morgan fingerprint density at radius 2 is 1.25 bits per heavy atom. The van der Waals surface area contributed by atoms with Crippen LogP contribution in [0.1, 0.15) is 51.9 Å². The molecule has 0 saturated heterocycles. The number of nitrogens with one attached hydrogen (secondary N) is 1. The van der Waals surface area contributed by atoms with Gasteiger partial charge in [-0.05, 0) is 155 Å². The summed E-state index contributed by atoms with van der Waals surface area (Å²) in [6.07, 6.45) is 8.29. The van der Waals surface area contributed by atoms with E-state index >= 15 is 0 Å². The zero-order valence-electron chi connectivity index (χ0n) is 35.4. The first-order valence-corrected chi connectivity index (χ1v) is 18.8. The molecular formula is C51H33N4O8Y-. The smallest absolute Gasteiger partial charge is 0.349 e. The van der Waals surface area contributed by atoms with Gasteiger partial charge in [0.25, 0.3) is 23.6 Å².